The van der Waals surface area contributed by atoms with E-state index in [4.69, 9.17) is 4.74 Å². The Hall–Kier alpha value is -2.33. The lowest BCUT2D eigenvalue weighted by Gasteiger charge is -2.33. The van der Waals surface area contributed by atoms with E-state index in [0.717, 1.165) is 36.4 Å². The molecular weight excluding hydrogens is 433 g/mol. The highest BCUT2D eigenvalue weighted by atomic mass is 19.4. The van der Waals surface area contributed by atoms with Crippen molar-refractivity contribution in [1.82, 2.24) is 9.80 Å². The van der Waals surface area contributed by atoms with Crippen LogP contribution in [0.5, 0.6) is 0 Å². The summed E-state index contributed by atoms with van der Waals surface area (Å²) in [5.41, 5.74) is 0.696. The van der Waals surface area contributed by atoms with E-state index >= 15 is 0 Å². The van der Waals surface area contributed by atoms with Crippen molar-refractivity contribution in [1.29, 1.82) is 0 Å². The van der Waals surface area contributed by atoms with Gasteiger partial charge in [0.15, 0.2) is 11.6 Å². The van der Waals surface area contributed by atoms with Gasteiger partial charge in [0.25, 0.3) is 5.91 Å². The number of halogens is 5. The summed E-state index contributed by atoms with van der Waals surface area (Å²) < 4.78 is 72.7. The summed E-state index contributed by atoms with van der Waals surface area (Å²) in [6.07, 6.45) is -4.52. The minimum absolute atomic E-state index is 0.219. The smallest absolute Gasteiger partial charge is 0.383 e. The minimum Gasteiger partial charge on any atom is -0.383 e. The largest absolute Gasteiger partial charge is 0.419 e. The number of benzene rings is 1. The first-order valence-electron chi connectivity index (χ1n) is 10.5. The van der Waals surface area contributed by atoms with E-state index in [-0.39, 0.29) is 37.4 Å². The molecule has 1 fully saturated rings. The Labute approximate surface area is 182 Å². The Morgan fingerprint density at radius 1 is 1.19 bits per heavy atom. The van der Waals surface area contributed by atoms with Gasteiger partial charge >= 0.3 is 6.18 Å². The number of amides is 1. The summed E-state index contributed by atoms with van der Waals surface area (Å²) >= 11 is 0. The van der Waals surface area contributed by atoms with Crippen LogP contribution < -0.4 is 0 Å². The van der Waals surface area contributed by atoms with E-state index < -0.39 is 29.3 Å². The molecule has 32 heavy (non-hydrogen) atoms. The van der Waals surface area contributed by atoms with Crippen molar-refractivity contribution in [3.63, 3.8) is 0 Å². The molecule has 0 aromatic heterocycles. The predicted octanol–water partition coefficient (Wildman–Crippen LogP) is 3.40. The van der Waals surface area contributed by atoms with Crippen molar-refractivity contribution in [2.75, 3.05) is 53.0 Å². The molecule has 3 heterocycles. The summed E-state index contributed by atoms with van der Waals surface area (Å²) in [6, 6.07) is 1.74. The van der Waals surface area contributed by atoms with Crippen LogP contribution in [0.4, 0.5) is 22.0 Å². The topological polar surface area (TPSA) is 45.1 Å². The Morgan fingerprint density at radius 3 is 2.56 bits per heavy atom. The van der Waals surface area contributed by atoms with Gasteiger partial charge in [0.05, 0.1) is 18.7 Å². The zero-order valence-corrected chi connectivity index (χ0v) is 17.6. The van der Waals surface area contributed by atoms with Gasteiger partial charge in [-0.3, -0.25) is 14.7 Å². The van der Waals surface area contributed by atoms with Crippen LogP contribution in [-0.4, -0.2) is 74.4 Å². The van der Waals surface area contributed by atoms with Gasteiger partial charge < -0.3 is 9.64 Å². The summed E-state index contributed by atoms with van der Waals surface area (Å²) in [4.78, 5) is 21.2. The lowest BCUT2D eigenvalue weighted by atomic mass is 9.85. The van der Waals surface area contributed by atoms with Crippen molar-refractivity contribution in [2.24, 2.45) is 4.99 Å². The molecule has 0 atom stereocenters. The van der Waals surface area contributed by atoms with Crippen molar-refractivity contribution >= 4 is 11.6 Å². The second kappa shape index (κ2) is 8.90. The first kappa shape index (κ1) is 22.8. The predicted molar refractivity (Wildman–Crippen MR) is 108 cm³/mol. The number of ether oxygens (including phenoxy) is 1. The fourth-order valence-electron chi connectivity index (χ4n) is 4.73. The molecule has 10 heteroatoms. The van der Waals surface area contributed by atoms with Crippen LogP contribution >= 0.6 is 0 Å². The maximum Gasteiger partial charge on any atom is 0.419 e. The van der Waals surface area contributed by atoms with Crippen LogP contribution in [0, 0.1) is 11.6 Å². The number of carbonyl (C=O) groups excluding carboxylic acids is 1. The summed E-state index contributed by atoms with van der Waals surface area (Å²) in [5.74, 6) is -4.22. The van der Waals surface area contributed by atoms with Gasteiger partial charge in [-0.25, -0.2) is 8.78 Å². The van der Waals surface area contributed by atoms with E-state index in [0.29, 0.717) is 25.4 Å². The number of alkyl halides is 3. The zero-order valence-electron chi connectivity index (χ0n) is 17.6. The molecule has 0 N–H and O–H groups in total. The number of carbonyl (C=O) groups is 1. The second-order valence-corrected chi connectivity index (χ2v) is 8.34. The number of hydrogen-bond acceptors (Lipinski definition) is 4. The Bertz CT molecular complexity index is 965. The van der Waals surface area contributed by atoms with Crippen LogP contribution in [0.15, 0.2) is 28.3 Å². The van der Waals surface area contributed by atoms with Gasteiger partial charge in [-0.1, -0.05) is 6.07 Å². The normalized spacial score (nSPS) is 20.2. The van der Waals surface area contributed by atoms with Crippen LogP contribution in [0.3, 0.4) is 0 Å². The molecule has 1 aromatic carbocycles. The molecule has 5 nitrogen and oxygen atoms in total. The number of aliphatic imine (C=N–C) groups is 1. The third-order valence-electron chi connectivity index (χ3n) is 6.38. The molecule has 3 aliphatic rings. The van der Waals surface area contributed by atoms with Crippen LogP contribution in [0.1, 0.15) is 29.9 Å². The van der Waals surface area contributed by atoms with Crippen molar-refractivity contribution in [3.8, 4) is 0 Å². The summed E-state index contributed by atoms with van der Waals surface area (Å²) in [7, 11) is 1.63. The fourth-order valence-corrected chi connectivity index (χ4v) is 4.73. The second-order valence-electron chi connectivity index (χ2n) is 8.34. The molecule has 0 spiro atoms. The number of likely N-dealkylation sites (tertiary alicyclic amines) is 1. The van der Waals surface area contributed by atoms with Crippen LogP contribution in [0.2, 0.25) is 0 Å². The standard InChI is InChI=1S/C22H24F5N3O2/c1-32-9-8-29-11-14-10-28-20(16(14)12-29)21(31)30-6-4-13(5-7-30)15-2-3-17(23)19(24)18(15)22(25,26)27/h2-3,13H,4-12H2,1H3. The molecule has 4 rings (SSSR count). The number of nitrogens with zero attached hydrogens (tertiary/aromatic N) is 3. The summed E-state index contributed by atoms with van der Waals surface area (Å²) in [5, 5.41) is 0. The average molecular weight is 457 g/mol. The van der Waals surface area contributed by atoms with Crippen molar-refractivity contribution in [3.05, 3.63) is 46.0 Å². The van der Waals surface area contributed by atoms with Crippen LogP contribution in [0.25, 0.3) is 0 Å². The average Bonchev–Trinajstić information content (AvgIpc) is 3.33. The van der Waals surface area contributed by atoms with Gasteiger partial charge in [-0.15, -0.1) is 0 Å². The van der Waals surface area contributed by atoms with Crippen molar-refractivity contribution in [2.45, 2.75) is 24.9 Å². The molecule has 0 bridgehead atoms. The molecule has 1 aromatic rings. The van der Waals surface area contributed by atoms with Crippen molar-refractivity contribution < 1.29 is 31.5 Å². The number of piperidine rings is 1. The van der Waals surface area contributed by atoms with Gasteiger partial charge in [0, 0.05) is 39.8 Å². The lowest BCUT2D eigenvalue weighted by Crippen LogP contribution is -2.42. The third kappa shape index (κ3) is 4.30. The molecule has 1 amide bonds. The van der Waals surface area contributed by atoms with Gasteiger partial charge in [-0.2, -0.15) is 13.2 Å². The highest BCUT2D eigenvalue weighted by molar-refractivity contribution is 6.46. The molecule has 174 valence electrons. The summed E-state index contributed by atoms with van der Waals surface area (Å²) in [6.45, 7) is 3.68. The Morgan fingerprint density at radius 2 is 1.91 bits per heavy atom. The van der Waals surface area contributed by atoms with Gasteiger partial charge in [0.2, 0.25) is 0 Å². The van der Waals surface area contributed by atoms with E-state index in [9.17, 15) is 26.7 Å². The SMILES string of the molecule is COCCN1CC2=C(C1)C(C(=O)N1CCC(c3ccc(F)c(F)c3C(F)(F)F)CC1)=NC2. The Balaban J connectivity index is 1.42. The maximum absolute atomic E-state index is 14.0. The van der Waals surface area contributed by atoms with E-state index in [1.54, 1.807) is 12.0 Å². The van der Waals surface area contributed by atoms with Gasteiger partial charge in [0.1, 0.15) is 5.71 Å². The third-order valence-corrected chi connectivity index (χ3v) is 6.38. The molecular formula is C22H24F5N3O2. The number of rotatable bonds is 5. The minimum atomic E-state index is -4.99. The monoisotopic (exact) mass is 457 g/mol. The first-order chi connectivity index (χ1) is 15.2. The molecule has 0 aliphatic carbocycles. The fraction of sp³-hybridized carbons (Fsp3) is 0.545. The van der Waals surface area contributed by atoms with E-state index in [1.807, 2.05) is 0 Å². The van der Waals surface area contributed by atoms with E-state index in [1.165, 1.54) is 0 Å². The molecule has 0 saturated carbocycles. The highest BCUT2D eigenvalue weighted by Gasteiger charge is 2.41. The quantitative estimate of drug-likeness (QED) is 0.637. The van der Waals surface area contributed by atoms with E-state index in [2.05, 4.69) is 9.89 Å². The highest BCUT2D eigenvalue weighted by Crippen LogP contribution is 2.41. The van der Waals surface area contributed by atoms with Gasteiger partial charge in [-0.05, 0) is 41.5 Å². The first-order valence-corrected chi connectivity index (χ1v) is 10.5. The molecule has 0 radical (unpaired) electrons. The molecule has 1 saturated heterocycles. The molecule has 3 aliphatic heterocycles. The number of methoxy groups -OCH3 is 1. The lowest BCUT2D eigenvalue weighted by molar-refractivity contribution is -0.141. The van der Waals surface area contributed by atoms with Crippen LogP contribution in [-0.2, 0) is 15.7 Å². The maximum atomic E-state index is 14.0. The Kier molecular flexibility index (Phi) is 6.35. The molecule has 0 unspecified atom stereocenters. The number of hydrogen-bond donors (Lipinski definition) is 0. The zero-order chi connectivity index (χ0) is 23.0.